The van der Waals surface area contributed by atoms with E-state index in [-0.39, 0.29) is 29.2 Å². The smallest absolute Gasteiger partial charge is 0.391 e. The normalized spacial score (nSPS) is 16.8. The molecule has 0 bridgehead atoms. The van der Waals surface area contributed by atoms with E-state index in [1.165, 1.54) is 12.1 Å². The van der Waals surface area contributed by atoms with Crippen LogP contribution in [-0.2, 0) is 22.6 Å². The van der Waals surface area contributed by atoms with Gasteiger partial charge in [0.1, 0.15) is 5.82 Å². The lowest BCUT2D eigenvalue weighted by Crippen LogP contribution is -2.42. The molecule has 0 fully saturated rings. The number of anilines is 1. The zero-order valence-electron chi connectivity index (χ0n) is 18.4. The van der Waals surface area contributed by atoms with E-state index in [9.17, 15) is 31.1 Å². The monoisotopic (exact) mass is 525 g/mol. The van der Waals surface area contributed by atoms with Gasteiger partial charge in [-0.1, -0.05) is 41.9 Å². The van der Waals surface area contributed by atoms with Gasteiger partial charge in [0.25, 0.3) is 10.0 Å². The third kappa shape index (κ3) is 5.07. The number of allylic oxidation sites excluding steroid dienone is 1. The van der Waals surface area contributed by atoms with Gasteiger partial charge in [-0.25, -0.2) is 12.8 Å². The molecule has 4 rings (SSSR count). The zero-order chi connectivity index (χ0) is 25.5. The molecule has 0 radical (unpaired) electrons. The number of aliphatic hydroxyl groups is 1. The number of fused-ring (bicyclic) bond motifs is 1. The highest BCUT2D eigenvalue weighted by atomic mass is 35.5. The number of alkyl halides is 3. The Morgan fingerprint density at radius 2 is 1.83 bits per heavy atom. The van der Waals surface area contributed by atoms with E-state index in [0.717, 1.165) is 22.5 Å². The number of aliphatic hydroxyl groups excluding tert-OH is 1. The highest BCUT2D eigenvalue weighted by Crippen LogP contribution is 2.36. The molecule has 1 unspecified atom stereocenters. The molecule has 35 heavy (non-hydrogen) atoms. The van der Waals surface area contributed by atoms with Gasteiger partial charge in [-0.2, -0.15) is 13.2 Å². The average Bonchev–Trinajstić information content (AvgIpc) is 2.78. The molecule has 10 heteroatoms. The van der Waals surface area contributed by atoms with Crippen molar-refractivity contribution in [3.63, 3.8) is 0 Å². The maximum Gasteiger partial charge on any atom is 0.416 e. The molecule has 1 atom stereocenters. The van der Waals surface area contributed by atoms with Gasteiger partial charge >= 0.3 is 6.18 Å². The van der Waals surface area contributed by atoms with E-state index in [1.807, 2.05) is 0 Å². The Labute approximate surface area is 205 Å². The molecule has 3 aromatic rings. The number of rotatable bonds is 4. The molecular weight excluding hydrogens is 506 g/mol. The van der Waals surface area contributed by atoms with Gasteiger partial charge in [-0.15, -0.1) is 0 Å². The number of hydrogen-bond acceptors (Lipinski definition) is 3. The minimum atomic E-state index is -4.71. The molecule has 0 aromatic heterocycles. The SMILES string of the molecule is C/C(=C\c1ccc2c(c1)N(S(=O)(=O)c1cccc(C(F)(F)F)c1)CC(O)C2)c1c(F)cccc1Cl. The Hall–Kier alpha value is -2.88. The molecule has 1 N–H and O–H groups in total. The second-order valence-corrected chi connectivity index (χ2v) is 10.5. The first-order valence-electron chi connectivity index (χ1n) is 10.5. The maximum atomic E-state index is 14.3. The Morgan fingerprint density at radius 3 is 2.51 bits per heavy atom. The summed E-state index contributed by atoms with van der Waals surface area (Å²) in [7, 11) is -4.43. The fourth-order valence-corrected chi connectivity index (χ4v) is 5.96. The van der Waals surface area contributed by atoms with Crippen molar-refractivity contribution in [3.05, 3.63) is 93.8 Å². The molecule has 0 saturated heterocycles. The number of nitrogens with zero attached hydrogens (tertiary/aromatic N) is 1. The van der Waals surface area contributed by atoms with E-state index in [4.69, 9.17) is 11.6 Å². The molecule has 0 amide bonds. The van der Waals surface area contributed by atoms with Crippen LogP contribution in [0.4, 0.5) is 23.2 Å². The molecule has 1 aliphatic rings. The van der Waals surface area contributed by atoms with Gasteiger partial charge in [0.2, 0.25) is 0 Å². The summed E-state index contributed by atoms with van der Waals surface area (Å²) < 4.78 is 81.5. The van der Waals surface area contributed by atoms with Crippen molar-refractivity contribution >= 4 is 39.0 Å². The first-order valence-corrected chi connectivity index (χ1v) is 12.3. The van der Waals surface area contributed by atoms with E-state index < -0.39 is 38.6 Å². The van der Waals surface area contributed by atoms with Crippen LogP contribution in [0.1, 0.15) is 29.2 Å². The van der Waals surface area contributed by atoms with Crippen molar-refractivity contribution in [2.45, 2.75) is 30.5 Å². The number of β-amino-alcohol motifs (C(OH)–C–C–N with tert-alkyl or cyclic N) is 1. The van der Waals surface area contributed by atoms with Gasteiger partial charge in [-0.3, -0.25) is 4.31 Å². The van der Waals surface area contributed by atoms with Crippen LogP contribution >= 0.6 is 11.6 Å². The average molecular weight is 526 g/mol. The van der Waals surface area contributed by atoms with Crippen molar-refractivity contribution in [2.24, 2.45) is 0 Å². The molecule has 0 spiro atoms. The topological polar surface area (TPSA) is 57.6 Å². The van der Waals surface area contributed by atoms with Crippen LogP contribution in [0.15, 0.2) is 65.6 Å². The summed E-state index contributed by atoms with van der Waals surface area (Å²) in [6.45, 7) is 1.33. The van der Waals surface area contributed by atoms with Crippen molar-refractivity contribution in [1.82, 2.24) is 0 Å². The number of halogens is 5. The first kappa shape index (κ1) is 25.2. The molecule has 184 valence electrons. The van der Waals surface area contributed by atoms with Crippen LogP contribution in [0.3, 0.4) is 0 Å². The second-order valence-electron chi connectivity index (χ2n) is 8.23. The maximum absolute atomic E-state index is 14.3. The molecule has 3 aromatic carbocycles. The Kier molecular flexibility index (Phi) is 6.70. The summed E-state index contributed by atoms with van der Waals surface area (Å²) in [5.74, 6) is -0.513. The predicted molar refractivity (Wildman–Crippen MR) is 127 cm³/mol. The van der Waals surface area contributed by atoms with E-state index in [1.54, 1.807) is 37.3 Å². The van der Waals surface area contributed by atoms with Crippen molar-refractivity contribution < 1.29 is 31.1 Å². The summed E-state index contributed by atoms with van der Waals surface area (Å²) in [5, 5.41) is 10.5. The summed E-state index contributed by atoms with van der Waals surface area (Å²) in [5.41, 5.74) is 0.880. The number of benzene rings is 3. The lowest BCUT2D eigenvalue weighted by molar-refractivity contribution is -0.137. The third-order valence-electron chi connectivity index (χ3n) is 5.70. The van der Waals surface area contributed by atoms with Gasteiger partial charge in [-0.05, 0) is 60.0 Å². The fraction of sp³-hybridized carbons (Fsp3) is 0.200. The molecule has 0 aliphatic carbocycles. The van der Waals surface area contributed by atoms with Crippen LogP contribution < -0.4 is 4.31 Å². The van der Waals surface area contributed by atoms with Crippen LogP contribution in [-0.4, -0.2) is 26.2 Å². The van der Waals surface area contributed by atoms with Crippen molar-refractivity contribution in [2.75, 3.05) is 10.8 Å². The first-order chi connectivity index (χ1) is 16.4. The van der Waals surface area contributed by atoms with E-state index in [2.05, 4.69) is 0 Å². The quantitative estimate of drug-likeness (QED) is 0.327. The van der Waals surface area contributed by atoms with Crippen LogP contribution in [0.25, 0.3) is 11.6 Å². The molecular formula is C25H20ClF4NO3S. The van der Waals surface area contributed by atoms with Gasteiger partial charge in [0.05, 0.1) is 33.8 Å². The molecule has 4 nitrogen and oxygen atoms in total. The van der Waals surface area contributed by atoms with Gasteiger partial charge in [0.15, 0.2) is 0 Å². The van der Waals surface area contributed by atoms with Crippen LogP contribution in [0, 0.1) is 5.82 Å². The van der Waals surface area contributed by atoms with Crippen molar-refractivity contribution in [1.29, 1.82) is 0 Å². The van der Waals surface area contributed by atoms with Crippen LogP contribution in [0.5, 0.6) is 0 Å². The van der Waals surface area contributed by atoms with Crippen LogP contribution in [0.2, 0.25) is 5.02 Å². The minimum absolute atomic E-state index is 0.173. The fourth-order valence-electron chi connectivity index (χ4n) is 4.07. The second kappa shape index (κ2) is 9.29. The lowest BCUT2D eigenvalue weighted by Gasteiger charge is -2.33. The predicted octanol–water partition coefficient (Wildman–Crippen LogP) is 6.17. The summed E-state index contributed by atoms with van der Waals surface area (Å²) >= 11 is 6.14. The highest BCUT2D eigenvalue weighted by Gasteiger charge is 2.36. The van der Waals surface area contributed by atoms with Gasteiger partial charge in [0, 0.05) is 12.0 Å². The lowest BCUT2D eigenvalue weighted by atomic mass is 9.97. The Balaban J connectivity index is 1.79. The molecule has 1 heterocycles. The Morgan fingerprint density at radius 1 is 1.11 bits per heavy atom. The minimum Gasteiger partial charge on any atom is -0.391 e. The highest BCUT2D eigenvalue weighted by molar-refractivity contribution is 7.92. The zero-order valence-corrected chi connectivity index (χ0v) is 19.9. The molecule has 0 saturated carbocycles. The summed E-state index contributed by atoms with van der Waals surface area (Å²) in [6.07, 6.45) is -3.95. The van der Waals surface area contributed by atoms with Gasteiger partial charge < -0.3 is 5.11 Å². The number of sulfonamides is 1. The third-order valence-corrected chi connectivity index (χ3v) is 7.79. The summed E-state index contributed by atoms with van der Waals surface area (Å²) in [6, 6.07) is 12.6. The van der Waals surface area contributed by atoms with Crippen molar-refractivity contribution in [3.8, 4) is 0 Å². The summed E-state index contributed by atoms with van der Waals surface area (Å²) in [4.78, 5) is -0.539. The number of hydrogen-bond donors (Lipinski definition) is 1. The standard InChI is InChI=1S/C25H20ClF4NO3S/c1-15(24-21(26)6-3-7-22(24)27)10-16-8-9-17-12-19(32)14-31(23(17)11-16)35(33,34)20-5-2-4-18(13-20)25(28,29)30/h2-11,13,19,32H,12,14H2,1H3/b15-10+. The largest absolute Gasteiger partial charge is 0.416 e. The molecule has 1 aliphatic heterocycles. The Bertz CT molecular complexity index is 1400. The van der Waals surface area contributed by atoms with E-state index >= 15 is 0 Å². The van der Waals surface area contributed by atoms with E-state index in [0.29, 0.717) is 22.8 Å².